The van der Waals surface area contributed by atoms with E-state index in [0.29, 0.717) is 5.75 Å². The highest BCUT2D eigenvalue weighted by Gasteiger charge is 2.24. The number of hydrogen-bond donors (Lipinski definition) is 1. The van der Waals surface area contributed by atoms with Crippen molar-refractivity contribution in [2.24, 2.45) is 0 Å². The maximum atomic E-state index is 10.3. The Balaban J connectivity index is 0.000000711. The predicted molar refractivity (Wildman–Crippen MR) is 88.1 cm³/mol. The van der Waals surface area contributed by atoms with E-state index >= 15 is 0 Å². The van der Waals surface area contributed by atoms with Gasteiger partial charge in [0.05, 0.1) is 0 Å². The summed E-state index contributed by atoms with van der Waals surface area (Å²) in [4.78, 5) is 0. The second-order valence-electron chi connectivity index (χ2n) is 6.78. The second-order valence-corrected chi connectivity index (χ2v) is 9.67. The first-order valence-electron chi connectivity index (χ1n) is 6.87. The molecular weight excluding hydrogens is 266 g/mol. The van der Waals surface area contributed by atoms with Crippen molar-refractivity contribution in [2.75, 3.05) is 0 Å². The Hall–Kier alpha value is 0.0449. The molecule has 0 radical (unpaired) electrons. The van der Waals surface area contributed by atoms with Crippen LogP contribution < -0.4 is 0 Å². The fraction of sp³-hybridized carbons (Fsp3) is 0.600. The van der Waals surface area contributed by atoms with Crippen LogP contribution in [0.5, 0.6) is 5.75 Å². The first kappa shape index (κ1) is 19.0. The van der Waals surface area contributed by atoms with Crippen molar-refractivity contribution in [2.45, 2.75) is 58.2 Å². The van der Waals surface area contributed by atoms with Crippen LogP contribution in [0.15, 0.2) is 18.2 Å². The van der Waals surface area contributed by atoms with E-state index < -0.39 is 0 Å². The van der Waals surface area contributed by atoms with Gasteiger partial charge in [-0.25, -0.2) is 0 Å². The molecule has 1 aromatic rings. The Labute approximate surface area is 133 Å². The standard InChI is InChI=1S/C14H22O.CH3.2Al.O.3H/c1-13(2,3)10-8-7-9-11(12(10)15)14(4,5)6;;;;;;;/h7-9,15H,1-6H3;1H3;;;;;;. The number of aromatic hydroxyl groups is 1. The Morgan fingerprint density at radius 3 is 1.53 bits per heavy atom. The van der Waals surface area contributed by atoms with Gasteiger partial charge in [-0.05, 0) is 22.0 Å². The number of para-hydroxylation sites is 1. The molecule has 0 spiro atoms. The Morgan fingerprint density at radius 2 is 1.32 bits per heavy atom. The molecule has 0 heterocycles. The van der Waals surface area contributed by atoms with Crippen molar-refractivity contribution in [3.8, 4) is 5.75 Å². The number of benzene rings is 1. The minimum atomic E-state index is -0.0139. The van der Waals surface area contributed by atoms with Crippen LogP contribution in [0.25, 0.3) is 0 Å². The molecule has 0 saturated carbocycles. The smallest absolute Gasteiger partial charge is 0.401 e. The lowest BCUT2D eigenvalue weighted by Gasteiger charge is -2.26. The summed E-state index contributed by atoms with van der Waals surface area (Å²) in [5.74, 6) is 2.59. The Bertz CT molecular complexity index is 356. The van der Waals surface area contributed by atoms with Crippen LogP contribution in [0.3, 0.4) is 0 Å². The molecule has 1 aromatic carbocycles. The zero-order valence-electron chi connectivity index (χ0n) is 13.8. The molecule has 1 rings (SSSR count). The predicted octanol–water partition coefficient (Wildman–Crippen LogP) is 2.94. The van der Waals surface area contributed by atoms with Crippen molar-refractivity contribution in [3.05, 3.63) is 29.3 Å². The number of phenolic OH excluding ortho intramolecular Hbond substituents is 1. The van der Waals surface area contributed by atoms with Gasteiger partial charge in [-0.2, -0.15) is 0 Å². The summed E-state index contributed by atoms with van der Waals surface area (Å²) in [6.07, 6.45) is 0. The molecule has 4 heteroatoms. The Kier molecular flexibility index (Phi) is 7.75. The average Bonchev–Trinajstić information content (AvgIpc) is 2.26. The molecule has 0 unspecified atom stereocenters. The van der Waals surface area contributed by atoms with Gasteiger partial charge < -0.3 is 7.95 Å². The van der Waals surface area contributed by atoms with Crippen LogP contribution in [0, 0.1) is 0 Å². The second kappa shape index (κ2) is 7.73. The molecule has 0 aliphatic heterocycles. The van der Waals surface area contributed by atoms with Crippen LogP contribution in [0.2, 0.25) is 5.79 Å². The molecule has 19 heavy (non-hydrogen) atoms. The van der Waals surface area contributed by atoms with Gasteiger partial charge >= 0.3 is 32.2 Å². The fourth-order valence-corrected chi connectivity index (χ4v) is 1.75. The quantitative estimate of drug-likeness (QED) is 0.807. The number of hydrogen-bond acceptors (Lipinski definition) is 2. The molecule has 106 valence electrons. The maximum Gasteiger partial charge on any atom is 0.401 e. The minimum absolute atomic E-state index is 0.00859. The van der Waals surface area contributed by atoms with Crippen molar-refractivity contribution in [1.29, 1.82) is 0 Å². The van der Waals surface area contributed by atoms with E-state index in [-0.39, 0.29) is 26.4 Å². The topological polar surface area (TPSA) is 29.5 Å². The summed E-state index contributed by atoms with van der Waals surface area (Å²) in [7, 11) is 0. The SMILES string of the molecule is CC(C)(C)c1cccc(C(C)(C)C)c1O.[CH3][AlH][O][AlH2]. The lowest BCUT2D eigenvalue weighted by Crippen LogP contribution is -2.16. The monoisotopic (exact) mass is 294 g/mol. The van der Waals surface area contributed by atoms with Crippen molar-refractivity contribution in [1.82, 2.24) is 0 Å². The molecule has 0 aliphatic rings. The Morgan fingerprint density at radius 1 is 1.00 bits per heavy atom. The van der Waals surface area contributed by atoms with Gasteiger partial charge in [-0.15, -0.1) is 0 Å². The van der Waals surface area contributed by atoms with E-state index in [1.54, 1.807) is 0 Å². The van der Waals surface area contributed by atoms with Crippen LogP contribution in [-0.4, -0.2) is 37.3 Å². The van der Waals surface area contributed by atoms with Gasteiger partial charge in [0.25, 0.3) is 0 Å². The van der Waals surface area contributed by atoms with Crippen molar-refractivity contribution >= 4 is 32.2 Å². The first-order valence-corrected chi connectivity index (χ1v) is 9.68. The third kappa shape index (κ3) is 6.35. The molecule has 0 aromatic heterocycles. The number of phenols is 1. The van der Waals surface area contributed by atoms with Crippen LogP contribution in [0.4, 0.5) is 0 Å². The fourth-order valence-electron chi connectivity index (χ4n) is 1.75. The minimum Gasteiger partial charge on any atom is -0.645 e. The lowest BCUT2D eigenvalue weighted by atomic mass is 9.80. The van der Waals surface area contributed by atoms with Crippen LogP contribution >= 0.6 is 0 Å². The van der Waals surface area contributed by atoms with Gasteiger partial charge in [0.15, 0.2) is 0 Å². The highest BCUT2D eigenvalue weighted by molar-refractivity contribution is 6.32. The summed E-state index contributed by atoms with van der Waals surface area (Å²) < 4.78 is 4.82. The van der Waals surface area contributed by atoms with E-state index in [4.69, 9.17) is 2.84 Å². The maximum absolute atomic E-state index is 10.3. The molecular formula is C15H28Al2O2. The first-order chi connectivity index (χ1) is 8.55. The zero-order chi connectivity index (χ0) is 15.3. The van der Waals surface area contributed by atoms with E-state index in [2.05, 4.69) is 47.3 Å². The summed E-state index contributed by atoms with van der Waals surface area (Å²) in [6.45, 7) is 12.7. The van der Waals surface area contributed by atoms with E-state index in [9.17, 15) is 5.11 Å². The van der Waals surface area contributed by atoms with E-state index in [1.165, 1.54) is 0 Å². The molecule has 0 saturated heterocycles. The highest BCUT2D eigenvalue weighted by atomic mass is 27.2. The van der Waals surface area contributed by atoms with Gasteiger partial charge in [0, 0.05) is 0 Å². The average molecular weight is 294 g/mol. The van der Waals surface area contributed by atoms with Gasteiger partial charge in [0.1, 0.15) is 5.75 Å². The normalized spacial score (nSPS) is 11.5. The largest absolute Gasteiger partial charge is 0.645 e. The van der Waals surface area contributed by atoms with E-state index in [1.807, 2.05) is 18.2 Å². The molecule has 0 fully saturated rings. The third-order valence-electron chi connectivity index (χ3n) is 2.94. The molecule has 2 nitrogen and oxygen atoms in total. The summed E-state index contributed by atoms with van der Waals surface area (Å²) in [5.41, 5.74) is 2.03. The zero-order valence-corrected chi connectivity index (χ0v) is 17.2. The highest BCUT2D eigenvalue weighted by Crippen LogP contribution is 2.38. The van der Waals surface area contributed by atoms with Gasteiger partial charge in [-0.3, -0.25) is 0 Å². The van der Waals surface area contributed by atoms with Gasteiger partial charge in [-0.1, -0.05) is 65.5 Å². The molecule has 0 aliphatic carbocycles. The van der Waals surface area contributed by atoms with Crippen molar-refractivity contribution < 1.29 is 7.95 Å². The summed E-state index contributed by atoms with van der Waals surface area (Å²) in [6, 6.07) is 6.04. The molecule has 1 N–H and O–H groups in total. The molecule has 0 bridgehead atoms. The number of rotatable bonds is 1. The lowest BCUT2D eigenvalue weighted by molar-refractivity contribution is 0.423. The molecule has 0 atom stereocenters. The van der Waals surface area contributed by atoms with Crippen LogP contribution in [0.1, 0.15) is 52.7 Å². The summed E-state index contributed by atoms with van der Waals surface area (Å²) in [5, 5.41) is 10.3. The van der Waals surface area contributed by atoms with Crippen molar-refractivity contribution in [3.63, 3.8) is 0 Å². The molecule has 0 amide bonds. The third-order valence-corrected chi connectivity index (χ3v) is 5.25. The van der Waals surface area contributed by atoms with Gasteiger partial charge in [0.2, 0.25) is 0 Å². The van der Waals surface area contributed by atoms with Crippen LogP contribution in [-0.2, 0) is 13.7 Å². The summed E-state index contributed by atoms with van der Waals surface area (Å²) >= 11 is 0.938. The van der Waals surface area contributed by atoms with E-state index in [0.717, 1.165) is 27.8 Å².